The number of thioether (sulfide) groups is 2. The molecule has 0 fully saturated rings. The lowest BCUT2D eigenvalue weighted by Gasteiger charge is -2.10. The normalized spacial score (nSPS) is 11.1. The Labute approximate surface area is 358 Å². The van der Waals surface area contributed by atoms with Gasteiger partial charge in [0.25, 0.3) is 11.1 Å². The number of halogens is 4. The number of aromatic nitrogens is 7. The maximum absolute atomic E-state index is 14.1. The Morgan fingerprint density at radius 2 is 1.24 bits per heavy atom. The first-order chi connectivity index (χ1) is 30.1. The predicted octanol–water partition coefficient (Wildman–Crippen LogP) is 9.60. The molecule has 0 bridgehead atoms. The van der Waals surface area contributed by atoms with Gasteiger partial charge >= 0.3 is 0 Å². The lowest BCUT2D eigenvalue weighted by molar-refractivity contribution is 0.355. The molecule has 62 heavy (non-hydrogen) atoms. The Morgan fingerprint density at radius 3 is 1.87 bits per heavy atom. The molecule has 0 saturated heterocycles. The van der Waals surface area contributed by atoms with E-state index in [2.05, 4.69) is 20.2 Å². The van der Waals surface area contributed by atoms with Gasteiger partial charge in [-0.25, -0.2) is 36.6 Å². The first-order valence-electron chi connectivity index (χ1n) is 18.7. The maximum Gasteiger partial charge on any atom is 0.272 e. The third-order valence-corrected chi connectivity index (χ3v) is 11.6. The average Bonchev–Trinajstić information content (AvgIpc) is 3.91. The van der Waals surface area contributed by atoms with E-state index in [9.17, 15) is 27.2 Å². The molecule has 0 saturated carbocycles. The zero-order valence-corrected chi connectivity index (χ0v) is 34.4. The molecular weight excluding hydrogens is 843 g/mol. The van der Waals surface area contributed by atoms with Crippen molar-refractivity contribution in [2.75, 3.05) is 14.2 Å². The van der Waals surface area contributed by atoms with Crippen LogP contribution in [0.2, 0.25) is 0 Å². The summed E-state index contributed by atoms with van der Waals surface area (Å²) < 4.78 is 68.3. The maximum atomic E-state index is 14.1. The fraction of sp³-hybridized carbons (Fsp3) is 0.0889. The van der Waals surface area contributed by atoms with Gasteiger partial charge < -0.3 is 9.47 Å². The SMILES string of the molecule is COc1ccc(-c2[nH]n3c(=O)cc(CSc4cccc(F)c4F)nc3c2-c2ccccc2)cc1OC.O=c1cc(CSc2cccc(F)c2F)nc2cc(-c3ccccn3)[nH]n12. The molecule has 0 aliphatic heterocycles. The minimum atomic E-state index is -0.917. The minimum Gasteiger partial charge on any atom is -0.493 e. The molecule has 0 atom stereocenters. The molecule has 11 nitrogen and oxygen atoms in total. The zero-order valence-electron chi connectivity index (χ0n) is 32.7. The summed E-state index contributed by atoms with van der Waals surface area (Å²) in [6.45, 7) is 0. The number of hydrogen-bond donors (Lipinski definition) is 2. The summed E-state index contributed by atoms with van der Waals surface area (Å²) >= 11 is 2.17. The van der Waals surface area contributed by atoms with Crippen molar-refractivity contribution in [3.63, 3.8) is 0 Å². The number of fused-ring (bicyclic) bond motifs is 2. The molecule has 4 aromatic carbocycles. The number of nitrogens with zero attached hydrogens (tertiary/aromatic N) is 5. The van der Waals surface area contributed by atoms with Crippen LogP contribution in [0.1, 0.15) is 11.4 Å². The van der Waals surface area contributed by atoms with E-state index in [1.165, 1.54) is 45.4 Å². The fourth-order valence-corrected chi connectivity index (χ4v) is 8.20. The number of nitrogens with one attached hydrogen (secondary N) is 2. The van der Waals surface area contributed by atoms with E-state index in [4.69, 9.17) is 14.5 Å². The van der Waals surface area contributed by atoms with Crippen molar-refractivity contribution in [1.82, 2.24) is 34.2 Å². The topological polar surface area (TPSA) is 132 Å². The van der Waals surface area contributed by atoms with Crippen LogP contribution in [0.25, 0.3) is 45.1 Å². The van der Waals surface area contributed by atoms with Crippen molar-refractivity contribution in [3.8, 4) is 45.3 Å². The summed E-state index contributed by atoms with van der Waals surface area (Å²) in [4.78, 5) is 39.1. The summed E-state index contributed by atoms with van der Waals surface area (Å²) in [5.41, 5.74) is 5.57. The molecule has 0 aliphatic carbocycles. The molecule has 17 heteroatoms. The highest BCUT2D eigenvalue weighted by atomic mass is 32.2. The molecule has 0 spiro atoms. The third-order valence-electron chi connectivity index (χ3n) is 9.43. The number of benzene rings is 4. The average molecular weight is 876 g/mol. The summed E-state index contributed by atoms with van der Waals surface area (Å²) in [7, 11) is 3.12. The van der Waals surface area contributed by atoms with Gasteiger partial charge in [0.15, 0.2) is 46.1 Å². The first-order valence-corrected chi connectivity index (χ1v) is 20.7. The standard InChI is InChI=1S/C27H21F2N3O3S.C18H12F2N4OS/c1-34-20-12-11-17(13-21(20)35-2)26-24(16-7-4-3-5-8-16)27-30-18(14-23(33)32(27)31-26)15-36-22-10-6-9-19(28)25(22)29;19-12-4-3-6-15(18(12)20)26-10-11-8-17(25)24-16(22-11)9-14(23-24)13-5-1-2-7-21-13/h3-14,31H,15H2,1-2H3;1-9,23H,10H2. The Kier molecular flexibility index (Phi) is 12.2. The van der Waals surface area contributed by atoms with Gasteiger partial charge in [0, 0.05) is 51.3 Å². The van der Waals surface area contributed by atoms with E-state index in [0.717, 1.165) is 52.3 Å². The second-order valence-corrected chi connectivity index (χ2v) is 15.4. The van der Waals surface area contributed by atoms with Crippen LogP contribution < -0.4 is 20.6 Å². The fourth-order valence-electron chi connectivity index (χ4n) is 6.50. The van der Waals surface area contributed by atoms with Crippen LogP contribution in [0.5, 0.6) is 11.5 Å². The zero-order chi connectivity index (χ0) is 43.3. The van der Waals surface area contributed by atoms with E-state index in [1.54, 1.807) is 38.6 Å². The van der Waals surface area contributed by atoms with Crippen molar-refractivity contribution in [2.24, 2.45) is 0 Å². The van der Waals surface area contributed by atoms with Crippen LogP contribution in [-0.2, 0) is 11.5 Å². The molecule has 9 aromatic rings. The Morgan fingerprint density at radius 1 is 0.613 bits per heavy atom. The van der Waals surface area contributed by atoms with Gasteiger partial charge in [-0.1, -0.05) is 48.5 Å². The molecule has 0 unspecified atom stereocenters. The second-order valence-electron chi connectivity index (χ2n) is 13.4. The molecule has 0 aliphatic rings. The van der Waals surface area contributed by atoms with Crippen LogP contribution >= 0.6 is 23.5 Å². The quantitative estimate of drug-likeness (QED) is 0.0964. The summed E-state index contributed by atoms with van der Waals surface area (Å²) in [6, 6.07) is 33.0. The number of ether oxygens (including phenoxy) is 2. The molecule has 2 N–H and O–H groups in total. The number of H-pyrrole nitrogens is 2. The van der Waals surface area contributed by atoms with E-state index in [1.807, 2.05) is 54.6 Å². The van der Waals surface area contributed by atoms with Gasteiger partial charge in [0.2, 0.25) is 0 Å². The monoisotopic (exact) mass is 875 g/mol. The van der Waals surface area contributed by atoms with Gasteiger partial charge in [0.05, 0.1) is 48.3 Å². The van der Waals surface area contributed by atoms with Crippen molar-refractivity contribution in [3.05, 3.63) is 183 Å². The molecule has 5 heterocycles. The third kappa shape index (κ3) is 8.71. The highest BCUT2D eigenvalue weighted by Crippen LogP contribution is 2.38. The molecule has 0 radical (unpaired) electrons. The van der Waals surface area contributed by atoms with Crippen molar-refractivity contribution < 1.29 is 27.0 Å². The largest absolute Gasteiger partial charge is 0.493 e. The summed E-state index contributed by atoms with van der Waals surface area (Å²) in [5, 5.41) is 6.14. The summed E-state index contributed by atoms with van der Waals surface area (Å²) in [5.74, 6) is -2.06. The molecule has 9 rings (SSSR count). The van der Waals surface area contributed by atoms with Crippen molar-refractivity contribution in [2.45, 2.75) is 21.3 Å². The van der Waals surface area contributed by atoms with Crippen LogP contribution in [0.4, 0.5) is 17.6 Å². The van der Waals surface area contributed by atoms with E-state index in [-0.39, 0.29) is 32.4 Å². The summed E-state index contributed by atoms with van der Waals surface area (Å²) in [6.07, 6.45) is 1.66. The van der Waals surface area contributed by atoms with Gasteiger partial charge in [-0.2, -0.15) is 0 Å². The van der Waals surface area contributed by atoms with E-state index in [0.29, 0.717) is 51.3 Å². The number of methoxy groups -OCH3 is 2. The van der Waals surface area contributed by atoms with Crippen LogP contribution in [-0.4, -0.2) is 48.4 Å². The van der Waals surface area contributed by atoms with Crippen molar-refractivity contribution in [1.29, 1.82) is 0 Å². The Bertz CT molecular complexity index is 3180. The van der Waals surface area contributed by atoms with Gasteiger partial charge in [0.1, 0.15) is 0 Å². The number of hydrogen-bond acceptors (Lipinski definition) is 9. The number of rotatable bonds is 11. The van der Waals surface area contributed by atoms with Crippen molar-refractivity contribution >= 4 is 34.8 Å². The lowest BCUT2D eigenvalue weighted by Crippen LogP contribution is -2.15. The predicted molar refractivity (Wildman–Crippen MR) is 231 cm³/mol. The number of aromatic amines is 2. The molecule has 5 aromatic heterocycles. The highest BCUT2D eigenvalue weighted by Gasteiger charge is 2.20. The smallest absolute Gasteiger partial charge is 0.272 e. The Balaban J connectivity index is 0.000000180. The molecular formula is C45H33F4N7O4S2. The van der Waals surface area contributed by atoms with E-state index < -0.39 is 23.3 Å². The minimum absolute atomic E-state index is 0.153. The highest BCUT2D eigenvalue weighted by molar-refractivity contribution is 7.98. The number of pyridine rings is 1. The second kappa shape index (κ2) is 18.2. The lowest BCUT2D eigenvalue weighted by atomic mass is 10.0. The van der Waals surface area contributed by atoms with Crippen LogP contribution in [0.15, 0.2) is 147 Å². The van der Waals surface area contributed by atoms with Crippen LogP contribution in [0, 0.1) is 23.3 Å². The van der Waals surface area contributed by atoms with Gasteiger partial charge in [-0.05, 0) is 60.2 Å². The molecule has 312 valence electrons. The van der Waals surface area contributed by atoms with Crippen LogP contribution in [0.3, 0.4) is 0 Å². The first kappa shape index (κ1) is 41.6. The van der Waals surface area contributed by atoms with Gasteiger partial charge in [-0.3, -0.25) is 24.8 Å². The van der Waals surface area contributed by atoms with E-state index >= 15 is 0 Å². The van der Waals surface area contributed by atoms with Gasteiger partial charge in [-0.15, -0.1) is 23.5 Å². The Hall–Kier alpha value is -7.11. The molecule has 0 amide bonds.